The Morgan fingerprint density at radius 2 is 2.21 bits per heavy atom. The molecule has 0 saturated carbocycles. The molecule has 1 aromatic carbocycles. The molecule has 0 aliphatic heterocycles. The van der Waals surface area contributed by atoms with Crippen molar-refractivity contribution in [2.24, 2.45) is 0 Å². The van der Waals surface area contributed by atoms with Crippen molar-refractivity contribution in [3.63, 3.8) is 0 Å². The van der Waals surface area contributed by atoms with Gasteiger partial charge in [0.15, 0.2) is 0 Å². The van der Waals surface area contributed by atoms with Crippen LogP contribution in [0.2, 0.25) is 5.02 Å². The Labute approximate surface area is 101 Å². The molecule has 76 valence electrons. The molecule has 1 rings (SSSR count). The molecule has 1 aromatic rings. The van der Waals surface area contributed by atoms with Crippen molar-refractivity contribution in [3.05, 3.63) is 27.7 Å². The molecule has 14 heavy (non-hydrogen) atoms. The SMILES string of the molecule is O=C(CCCl)Nc1cc(Br)ccc1Cl. The van der Waals surface area contributed by atoms with Crippen molar-refractivity contribution < 1.29 is 4.79 Å². The molecule has 0 saturated heterocycles. The Morgan fingerprint density at radius 1 is 1.50 bits per heavy atom. The van der Waals surface area contributed by atoms with E-state index in [4.69, 9.17) is 23.2 Å². The van der Waals surface area contributed by atoms with E-state index < -0.39 is 0 Å². The van der Waals surface area contributed by atoms with Gasteiger partial charge in [-0.1, -0.05) is 27.5 Å². The minimum absolute atomic E-state index is 0.139. The fourth-order valence-electron chi connectivity index (χ4n) is 0.892. The lowest BCUT2D eigenvalue weighted by Gasteiger charge is -2.06. The van der Waals surface area contributed by atoms with Gasteiger partial charge >= 0.3 is 0 Å². The van der Waals surface area contributed by atoms with Crippen LogP contribution in [-0.2, 0) is 4.79 Å². The van der Waals surface area contributed by atoms with Gasteiger partial charge in [-0.05, 0) is 18.2 Å². The molecule has 0 aliphatic carbocycles. The van der Waals surface area contributed by atoms with Gasteiger partial charge < -0.3 is 5.32 Å². The van der Waals surface area contributed by atoms with E-state index in [-0.39, 0.29) is 12.3 Å². The van der Waals surface area contributed by atoms with Gasteiger partial charge in [0.2, 0.25) is 5.91 Å². The van der Waals surface area contributed by atoms with Crippen molar-refractivity contribution >= 4 is 50.7 Å². The van der Waals surface area contributed by atoms with E-state index in [1.54, 1.807) is 18.2 Å². The van der Waals surface area contributed by atoms with E-state index in [0.717, 1.165) is 4.47 Å². The average molecular weight is 297 g/mol. The minimum Gasteiger partial charge on any atom is -0.325 e. The largest absolute Gasteiger partial charge is 0.325 e. The van der Waals surface area contributed by atoms with E-state index >= 15 is 0 Å². The predicted molar refractivity (Wildman–Crippen MR) is 63.1 cm³/mol. The van der Waals surface area contributed by atoms with Crippen LogP contribution in [0.5, 0.6) is 0 Å². The van der Waals surface area contributed by atoms with Crippen LogP contribution < -0.4 is 5.32 Å². The van der Waals surface area contributed by atoms with Crippen LogP contribution in [0.4, 0.5) is 5.69 Å². The molecule has 2 nitrogen and oxygen atoms in total. The molecule has 1 N–H and O–H groups in total. The molecular weight excluding hydrogens is 289 g/mol. The number of rotatable bonds is 3. The van der Waals surface area contributed by atoms with E-state index in [1.807, 2.05) is 0 Å². The molecule has 0 fully saturated rings. The van der Waals surface area contributed by atoms with Crippen molar-refractivity contribution in [3.8, 4) is 0 Å². The normalized spacial score (nSPS) is 9.93. The number of amides is 1. The summed E-state index contributed by atoms with van der Waals surface area (Å²) in [6, 6.07) is 5.26. The number of nitrogens with one attached hydrogen (secondary N) is 1. The fourth-order valence-corrected chi connectivity index (χ4v) is 1.59. The second-order valence-electron chi connectivity index (χ2n) is 2.61. The number of hydrogen-bond donors (Lipinski definition) is 1. The average Bonchev–Trinajstić information content (AvgIpc) is 2.12. The quantitative estimate of drug-likeness (QED) is 0.847. The van der Waals surface area contributed by atoms with Gasteiger partial charge in [0.05, 0.1) is 10.7 Å². The monoisotopic (exact) mass is 295 g/mol. The zero-order chi connectivity index (χ0) is 10.6. The van der Waals surface area contributed by atoms with Crippen molar-refractivity contribution in [2.75, 3.05) is 11.2 Å². The first-order valence-corrected chi connectivity index (χ1v) is 5.65. The second kappa shape index (κ2) is 5.59. The third-order valence-electron chi connectivity index (χ3n) is 1.52. The first-order chi connectivity index (χ1) is 6.63. The third-order valence-corrected chi connectivity index (χ3v) is 2.54. The summed E-state index contributed by atoms with van der Waals surface area (Å²) in [6.07, 6.45) is 0.282. The summed E-state index contributed by atoms with van der Waals surface area (Å²) in [6.45, 7) is 0. The highest BCUT2D eigenvalue weighted by Crippen LogP contribution is 2.25. The zero-order valence-corrected chi connectivity index (χ0v) is 10.3. The first kappa shape index (κ1) is 11.8. The van der Waals surface area contributed by atoms with Crippen molar-refractivity contribution in [1.82, 2.24) is 0 Å². The maximum atomic E-state index is 11.2. The van der Waals surface area contributed by atoms with Crippen LogP contribution in [0.15, 0.2) is 22.7 Å². The molecule has 1 amide bonds. The van der Waals surface area contributed by atoms with Crippen molar-refractivity contribution in [2.45, 2.75) is 6.42 Å². The molecule has 0 radical (unpaired) electrons. The molecule has 0 aliphatic rings. The van der Waals surface area contributed by atoms with Crippen LogP contribution in [0.25, 0.3) is 0 Å². The zero-order valence-electron chi connectivity index (χ0n) is 7.19. The van der Waals surface area contributed by atoms with Crippen LogP contribution in [0.3, 0.4) is 0 Å². The predicted octanol–water partition coefficient (Wildman–Crippen LogP) is 3.67. The van der Waals surface area contributed by atoms with Crippen LogP contribution in [0.1, 0.15) is 6.42 Å². The topological polar surface area (TPSA) is 29.1 Å². The molecular formula is C9H8BrCl2NO. The summed E-state index contributed by atoms with van der Waals surface area (Å²) in [4.78, 5) is 11.2. The fraction of sp³-hybridized carbons (Fsp3) is 0.222. The molecule has 0 heterocycles. The summed E-state index contributed by atoms with van der Waals surface area (Å²) in [5, 5.41) is 3.18. The molecule has 0 unspecified atom stereocenters. The van der Waals surface area contributed by atoms with Crippen LogP contribution >= 0.6 is 39.1 Å². The second-order valence-corrected chi connectivity index (χ2v) is 4.31. The number of hydrogen-bond acceptors (Lipinski definition) is 1. The van der Waals surface area contributed by atoms with Gasteiger partial charge in [-0.15, -0.1) is 11.6 Å². The smallest absolute Gasteiger partial charge is 0.225 e. The van der Waals surface area contributed by atoms with Gasteiger partial charge in [-0.25, -0.2) is 0 Å². The number of anilines is 1. The molecule has 0 spiro atoms. The lowest BCUT2D eigenvalue weighted by atomic mass is 10.3. The Kier molecular flexibility index (Phi) is 4.72. The third kappa shape index (κ3) is 3.48. The number of benzene rings is 1. The number of halogens is 3. The van der Waals surface area contributed by atoms with Crippen molar-refractivity contribution in [1.29, 1.82) is 0 Å². The summed E-state index contributed by atoms with van der Waals surface area (Å²) < 4.78 is 0.864. The summed E-state index contributed by atoms with van der Waals surface area (Å²) in [7, 11) is 0. The Bertz CT molecular complexity index is 344. The maximum absolute atomic E-state index is 11.2. The highest BCUT2D eigenvalue weighted by atomic mass is 79.9. The minimum atomic E-state index is -0.139. The van der Waals surface area contributed by atoms with Gasteiger partial charge in [-0.2, -0.15) is 0 Å². The number of carbonyl (C=O) groups is 1. The number of alkyl halides is 1. The Morgan fingerprint density at radius 3 is 2.86 bits per heavy atom. The summed E-state index contributed by atoms with van der Waals surface area (Å²) in [5.74, 6) is 0.164. The maximum Gasteiger partial charge on any atom is 0.225 e. The molecule has 0 atom stereocenters. The summed E-state index contributed by atoms with van der Waals surface area (Å²) in [5.41, 5.74) is 0.594. The van der Waals surface area contributed by atoms with Crippen LogP contribution in [-0.4, -0.2) is 11.8 Å². The highest BCUT2D eigenvalue weighted by molar-refractivity contribution is 9.10. The van der Waals surface area contributed by atoms with Gasteiger partial charge in [0.25, 0.3) is 0 Å². The molecule has 5 heteroatoms. The highest BCUT2D eigenvalue weighted by Gasteiger charge is 2.05. The van der Waals surface area contributed by atoms with Gasteiger partial charge in [-0.3, -0.25) is 4.79 Å². The standard InChI is InChI=1S/C9H8BrCl2NO/c10-6-1-2-7(12)8(5-6)13-9(14)3-4-11/h1-2,5H,3-4H2,(H,13,14). The van der Waals surface area contributed by atoms with E-state index in [1.165, 1.54) is 0 Å². The Balaban J connectivity index is 2.75. The first-order valence-electron chi connectivity index (χ1n) is 3.94. The lowest BCUT2D eigenvalue weighted by Crippen LogP contribution is -2.11. The van der Waals surface area contributed by atoms with E-state index in [2.05, 4.69) is 21.2 Å². The number of carbonyl (C=O) groups excluding carboxylic acids is 1. The summed E-state index contributed by atoms with van der Waals surface area (Å²) >= 11 is 14.6. The van der Waals surface area contributed by atoms with Gasteiger partial charge in [0, 0.05) is 16.8 Å². The van der Waals surface area contributed by atoms with Gasteiger partial charge in [0.1, 0.15) is 0 Å². The Hall–Kier alpha value is -0.250. The van der Waals surface area contributed by atoms with E-state index in [9.17, 15) is 4.79 Å². The molecule has 0 aromatic heterocycles. The lowest BCUT2D eigenvalue weighted by molar-refractivity contribution is -0.115. The van der Waals surface area contributed by atoms with E-state index in [0.29, 0.717) is 16.6 Å². The molecule has 0 bridgehead atoms. The van der Waals surface area contributed by atoms with Crippen LogP contribution in [0, 0.1) is 0 Å².